The summed E-state index contributed by atoms with van der Waals surface area (Å²) >= 11 is 0. The predicted molar refractivity (Wildman–Crippen MR) is 72.5 cm³/mol. The molecule has 0 fully saturated rings. The lowest BCUT2D eigenvalue weighted by molar-refractivity contribution is 0.524. The quantitative estimate of drug-likeness (QED) is 0.644. The monoisotopic (exact) mass is 240 g/mol. The molecule has 0 spiro atoms. The molecule has 0 aliphatic rings. The topological polar surface area (TPSA) is 38.9 Å². The number of aromatic nitrogens is 2. The maximum Gasteiger partial charge on any atom is 0.245 e. The van der Waals surface area contributed by atoms with E-state index in [1.54, 1.807) is 0 Å². The standard InChI is InChI=1S/C15H16N2O/c1-2-3-4-7-11-10-14-15(18-11)17-13-9-6-5-8-12(13)16-14/h5-6,8-10H,2-4,7H2,1H3. The van der Waals surface area contributed by atoms with Crippen molar-refractivity contribution in [1.82, 2.24) is 9.97 Å². The normalized spacial score (nSPS) is 11.4. The van der Waals surface area contributed by atoms with Crippen LogP contribution < -0.4 is 0 Å². The Morgan fingerprint density at radius 1 is 1.00 bits per heavy atom. The Morgan fingerprint density at radius 3 is 2.56 bits per heavy atom. The Hall–Kier alpha value is -1.90. The lowest BCUT2D eigenvalue weighted by Gasteiger charge is -1.94. The van der Waals surface area contributed by atoms with Gasteiger partial charge in [-0.2, -0.15) is 0 Å². The van der Waals surface area contributed by atoms with E-state index in [1.165, 1.54) is 12.8 Å². The minimum absolute atomic E-state index is 0.653. The minimum atomic E-state index is 0.653. The van der Waals surface area contributed by atoms with Crippen molar-refractivity contribution in [3.8, 4) is 0 Å². The fourth-order valence-corrected chi connectivity index (χ4v) is 2.15. The molecule has 0 amide bonds. The summed E-state index contributed by atoms with van der Waals surface area (Å²) in [6.45, 7) is 2.20. The molecule has 0 saturated heterocycles. The fourth-order valence-electron chi connectivity index (χ4n) is 2.15. The minimum Gasteiger partial charge on any atom is -0.441 e. The van der Waals surface area contributed by atoms with Crippen LogP contribution in [0.3, 0.4) is 0 Å². The van der Waals surface area contributed by atoms with Crippen LogP contribution in [0.15, 0.2) is 34.7 Å². The fraction of sp³-hybridized carbons (Fsp3) is 0.333. The second-order valence-electron chi connectivity index (χ2n) is 4.57. The van der Waals surface area contributed by atoms with Crippen molar-refractivity contribution in [2.45, 2.75) is 32.6 Å². The molecule has 0 bridgehead atoms. The second kappa shape index (κ2) is 4.77. The first-order chi connectivity index (χ1) is 8.86. The van der Waals surface area contributed by atoms with Crippen molar-refractivity contribution in [2.75, 3.05) is 0 Å². The van der Waals surface area contributed by atoms with Crippen LogP contribution in [0.4, 0.5) is 0 Å². The van der Waals surface area contributed by atoms with Crippen LogP contribution in [-0.4, -0.2) is 9.97 Å². The van der Waals surface area contributed by atoms with Crippen molar-refractivity contribution < 1.29 is 4.42 Å². The summed E-state index contributed by atoms with van der Waals surface area (Å²) in [5.74, 6) is 0.994. The Balaban J connectivity index is 1.98. The van der Waals surface area contributed by atoms with Crippen LogP contribution >= 0.6 is 0 Å². The smallest absolute Gasteiger partial charge is 0.245 e. The largest absolute Gasteiger partial charge is 0.441 e. The summed E-state index contributed by atoms with van der Waals surface area (Å²) in [6, 6.07) is 9.90. The van der Waals surface area contributed by atoms with Crippen molar-refractivity contribution >= 4 is 22.3 Å². The summed E-state index contributed by atoms with van der Waals surface area (Å²) in [5, 5.41) is 0. The van der Waals surface area contributed by atoms with Crippen molar-refractivity contribution in [1.29, 1.82) is 0 Å². The van der Waals surface area contributed by atoms with E-state index in [0.717, 1.165) is 35.2 Å². The average molecular weight is 240 g/mol. The third kappa shape index (κ3) is 2.08. The third-order valence-electron chi connectivity index (χ3n) is 3.12. The number of nitrogens with zero attached hydrogens (tertiary/aromatic N) is 2. The van der Waals surface area contributed by atoms with Gasteiger partial charge in [0.1, 0.15) is 11.3 Å². The summed E-state index contributed by atoms with van der Waals surface area (Å²) in [5.41, 5.74) is 3.32. The molecule has 0 aliphatic carbocycles. The van der Waals surface area contributed by atoms with Gasteiger partial charge in [0.25, 0.3) is 0 Å². The first-order valence-electron chi connectivity index (χ1n) is 6.52. The highest BCUT2D eigenvalue weighted by Gasteiger charge is 2.07. The van der Waals surface area contributed by atoms with Gasteiger partial charge < -0.3 is 4.42 Å². The van der Waals surface area contributed by atoms with Gasteiger partial charge in [-0.3, -0.25) is 0 Å². The van der Waals surface area contributed by atoms with Crippen LogP contribution in [0.5, 0.6) is 0 Å². The Labute approximate surface area is 106 Å². The van der Waals surface area contributed by atoms with Gasteiger partial charge in [0, 0.05) is 12.5 Å². The van der Waals surface area contributed by atoms with E-state index in [0.29, 0.717) is 5.71 Å². The van der Waals surface area contributed by atoms with E-state index < -0.39 is 0 Å². The molecule has 18 heavy (non-hydrogen) atoms. The molecule has 1 aromatic carbocycles. The van der Waals surface area contributed by atoms with Gasteiger partial charge in [0.05, 0.1) is 11.0 Å². The molecule has 2 heterocycles. The predicted octanol–water partition coefficient (Wildman–Crippen LogP) is 4.11. The van der Waals surface area contributed by atoms with Gasteiger partial charge in [-0.05, 0) is 18.6 Å². The summed E-state index contributed by atoms with van der Waals surface area (Å²) in [4.78, 5) is 9.07. The Bertz CT molecular complexity index is 620. The number of furan rings is 1. The summed E-state index contributed by atoms with van der Waals surface area (Å²) < 4.78 is 5.75. The van der Waals surface area contributed by atoms with E-state index in [1.807, 2.05) is 30.3 Å². The number of rotatable bonds is 4. The molecule has 0 saturated carbocycles. The number of fused-ring (bicyclic) bond motifs is 2. The van der Waals surface area contributed by atoms with E-state index in [4.69, 9.17) is 4.42 Å². The lowest BCUT2D eigenvalue weighted by Crippen LogP contribution is -1.82. The first-order valence-corrected chi connectivity index (χ1v) is 6.52. The summed E-state index contributed by atoms with van der Waals surface area (Å²) in [7, 11) is 0. The Kier molecular flexibility index (Phi) is 2.97. The highest BCUT2D eigenvalue weighted by molar-refractivity contribution is 5.83. The number of benzene rings is 1. The van der Waals surface area contributed by atoms with E-state index in [9.17, 15) is 0 Å². The van der Waals surface area contributed by atoms with Gasteiger partial charge in [0.2, 0.25) is 5.71 Å². The van der Waals surface area contributed by atoms with Gasteiger partial charge in [-0.25, -0.2) is 9.97 Å². The number of hydrogen-bond acceptors (Lipinski definition) is 3. The van der Waals surface area contributed by atoms with Crippen LogP contribution in [0, 0.1) is 0 Å². The lowest BCUT2D eigenvalue weighted by atomic mass is 10.2. The molecule has 0 radical (unpaired) electrons. The molecule has 2 aromatic heterocycles. The average Bonchev–Trinajstić information content (AvgIpc) is 2.77. The van der Waals surface area contributed by atoms with Crippen molar-refractivity contribution in [2.24, 2.45) is 0 Å². The van der Waals surface area contributed by atoms with Crippen LogP contribution in [0.25, 0.3) is 22.3 Å². The van der Waals surface area contributed by atoms with E-state index in [2.05, 4.69) is 16.9 Å². The molecule has 3 nitrogen and oxygen atoms in total. The zero-order valence-corrected chi connectivity index (χ0v) is 10.5. The molecule has 0 aliphatic heterocycles. The van der Waals surface area contributed by atoms with E-state index in [-0.39, 0.29) is 0 Å². The highest BCUT2D eigenvalue weighted by atomic mass is 16.3. The van der Waals surface area contributed by atoms with Crippen molar-refractivity contribution in [3.63, 3.8) is 0 Å². The molecule has 3 aromatic rings. The highest BCUT2D eigenvalue weighted by Crippen LogP contribution is 2.20. The molecule has 0 atom stereocenters. The first kappa shape index (κ1) is 11.2. The molecular weight excluding hydrogens is 224 g/mol. The van der Waals surface area contributed by atoms with Gasteiger partial charge in [0.15, 0.2) is 0 Å². The van der Waals surface area contributed by atoms with Crippen LogP contribution in [0.2, 0.25) is 0 Å². The van der Waals surface area contributed by atoms with Gasteiger partial charge in [-0.1, -0.05) is 31.9 Å². The number of para-hydroxylation sites is 2. The number of hydrogen-bond donors (Lipinski definition) is 0. The maximum absolute atomic E-state index is 5.75. The molecule has 3 rings (SSSR count). The van der Waals surface area contributed by atoms with Crippen LogP contribution in [-0.2, 0) is 6.42 Å². The van der Waals surface area contributed by atoms with Crippen LogP contribution in [0.1, 0.15) is 31.9 Å². The molecule has 92 valence electrons. The molecular formula is C15H16N2O. The Morgan fingerprint density at radius 2 is 1.78 bits per heavy atom. The molecule has 3 heteroatoms. The third-order valence-corrected chi connectivity index (χ3v) is 3.12. The zero-order valence-electron chi connectivity index (χ0n) is 10.5. The van der Waals surface area contributed by atoms with E-state index >= 15 is 0 Å². The van der Waals surface area contributed by atoms with Gasteiger partial charge in [-0.15, -0.1) is 0 Å². The summed E-state index contributed by atoms with van der Waals surface area (Å²) in [6.07, 6.45) is 4.60. The SMILES string of the molecule is CCCCCc1cc2nc3ccccc3nc2o1. The van der Waals surface area contributed by atoms with Crippen molar-refractivity contribution in [3.05, 3.63) is 36.1 Å². The molecule has 0 unspecified atom stereocenters. The second-order valence-corrected chi connectivity index (χ2v) is 4.57. The maximum atomic E-state index is 5.75. The van der Waals surface area contributed by atoms with Gasteiger partial charge >= 0.3 is 0 Å². The number of aryl methyl sites for hydroxylation is 1. The number of unbranched alkanes of at least 4 members (excludes halogenated alkanes) is 2. The zero-order chi connectivity index (χ0) is 12.4. The molecule has 0 N–H and O–H groups in total.